The standard InChI is InChI=1S/C16H11ClN2O5/c1-8(16(20)21)9-3-5-14-12(6-9)18-15(24-14)10-2-4-11(17)13(7-10)19(22)23/h2-8H,1H3,(H,20,21). The van der Waals surface area contributed by atoms with Crippen LogP contribution in [-0.2, 0) is 4.79 Å². The molecule has 1 atom stereocenters. The minimum atomic E-state index is -0.939. The molecule has 0 saturated heterocycles. The Morgan fingerprint density at radius 2 is 2.08 bits per heavy atom. The normalized spacial score (nSPS) is 12.2. The smallest absolute Gasteiger partial charge is 0.310 e. The Morgan fingerprint density at radius 3 is 2.75 bits per heavy atom. The molecule has 0 spiro atoms. The zero-order valence-electron chi connectivity index (χ0n) is 12.4. The molecular formula is C16H11ClN2O5. The number of carboxylic acid groups (broad SMARTS) is 1. The second-order valence-corrected chi connectivity index (χ2v) is 5.64. The highest BCUT2D eigenvalue weighted by atomic mass is 35.5. The van der Waals surface area contributed by atoms with Gasteiger partial charge < -0.3 is 9.52 Å². The number of hydrogen-bond acceptors (Lipinski definition) is 5. The summed E-state index contributed by atoms with van der Waals surface area (Å²) in [6.45, 7) is 1.58. The first-order valence-corrected chi connectivity index (χ1v) is 7.32. The van der Waals surface area contributed by atoms with Crippen LogP contribution in [0.2, 0.25) is 5.02 Å². The highest BCUT2D eigenvalue weighted by Crippen LogP contribution is 2.32. The van der Waals surface area contributed by atoms with Crippen LogP contribution in [0.4, 0.5) is 5.69 Å². The molecule has 2 aromatic carbocycles. The number of nitro benzene ring substituents is 1. The molecule has 0 amide bonds. The summed E-state index contributed by atoms with van der Waals surface area (Å²) < 4.78 is 5.60. The third-order valence-corrected chi connectivity index (χ3v) is 3.99. The maximum absolute atomic E-state index is 11.1. The van der Waals surface area contributed by atoms with Gasteiger partial charge in [-0.2, -0.15) is 0 Å². The molecule has 1 heterocycles. The first-order valence-electron chi connectivity index (χ1n) is 6.94. The van der Waals surface area contributed by atoms with E-state index in [9.17, 15) is 14.9 Å². The van der Waals surface area contributed by atoms with Gasteiger partial charge in [-0.05, 0) is 36.8 Å². The molecule has 24 heavy (non-hydrogen) atoms. The number of rotatable bonds is 4. The van der Waals surface area contributed by atoms with Gasteiger partial charge in [0.2, 0.25) is 5.89 Å². The fourth-order valence-electron chi connectivity index (χ4n) is 2.27. The SMILES string of the molecule is CC(C(=O)O)c1ccc2oc(-c3ccc(Cl)c([N+](=O)[O-])c3)nc2c1. The molecule has 1 unspecified atom stereocenters. The molecule has 122 valence electrons. The third kappa shape index (κ3) is 2.81. The highest BCUT2D eigenvalue weighted by Gasteiger charge is 2.18. The lowest BCUT2D eigenvalue weighted by Gasteiger charge is -2.04. The maximum atomic E-state index is 11.1. The summed E-state index contributed by atoms with van der Waals surface area (Å²) in [5, 5.41) is 20.1. The molecule has 0 bridgehead atoms. The van der Waals surface area contributed by atoms with E-state index < -0.39 is 16.8 Å². The fourth-order valence-corrected chi connectivity index (χ4v) is 2.45. The van der Waals surface area contributed by atoms with Gasteiger partial charge in [0, 0.05) is 11.6 Å². The second-order valence-electron chi connectivity index (χ2n) is 5.23. The molecule has 1 aromatic heterocycles. The Balaban J connectivity index is 2.07. The van der Waals surface area contributed by atoms with Crippen LogP contribution in [0.3, 0.4) is 0 Å². The van der Waals surface area contributed by atoms with Gasteiger partial charge in [0.1, 0.15) is 10.5 Å². The Hall–Kier alpha value is -2.93. The summed E-state index contributed by atoms with van der Waals surface area (Å²) in [5.74, 6) is -1.41. The highest BCUT2D eigenvalue weighted by molar-refractivity contribution is 6.32. The van der Waals surface area contributed by atoms with Gasteiger partial charge in [0.15, 0.2) is 5.58 Å². The number of aliphatic carboxylic acids is 1. The zero-order valence-corrected chi connectivity index (χ0v) is 13.1. The van der Waals surface area contributed by atoms with Crippen LogP contribution in [0.25, 0.3) is 22.6 Å². The van der Waals surface area contributed by atoms with E-state index in [-0.39, 0.29) is 16.6 Å². The van der Waals surface area contributed by atoms with E-state index in [1.165, 1.54) is 12.1 Å². The minimum absolute atomic E-state index is 0.0254. The molecule has 0 fully saturated rings. The molecule has 0 aliphatic carbocycles. The second kappa shape index (κ2) is 5.93. The number of carboxylic acids is 1. The van der Waals surface area contributed by atoms with Crippen LogP contribution in [0.15, 0.2) is 40.8 Å². The Labute approximate surface area is 140 Å². The van der Waals surface area contributed by atoms with E-state index in [0.29, 0.717) is 22.2 Å². The summed E-state index contributed by atoms with van der Waals surface area (Å²) in [6.07, 6.45) is 0. The predicted octanol–water partition coefficient (Wildman–Crippen LogP) is 4.24. The molecular weight excluding hydrogens is 336 g/mol. The number of oxazole rings is 1. The monoisotopic (exact) mass is 346 g/mol. The summed E-state index contributed by atoms with van der Waals surface area (Å²) in [7, 11) is 0. The van der Waals surface area contributed by atoms with E-state index in [0.717, 1.165) is 0 Å². The van der Waals surface area contributed by atoms with Crippen molar-refractivity contribution in [2.24, 2.45) is 0 Å². The van der Waals surface area contributed by atoms with Gasteiger partial charge in [-0.25, -0.2) is 4.98 Å². The maximum Gasteiger partial charge on any atom is 0.310 e. The summed E-state index contributed by atoms with van der Waals surface area (Å²) in [4.78, 5) is 25.8. The van der Waals surface area contributed by atoms with Crippen LogP contribution in [0.5, 0.6) is 0 Å². The summed E-state index contributed by atoms with van der Waals surface area (Å²) in [6, 6.07) is 9.17. The topological polar surface area (TPSA) is 106 Å². The van der Waals surface area contributed by atoms with Crippen molar-refractivity contribution in [2.75, 3.05) is 0 Å². The van der Waals surface area contributed by atoms with Gasteiger partial charge in [0.25, 0.3) is 5.69 Å². The predicted molar refractivity (Wildman–Crippen MR) is 87.2 cm³/mol. The number of fused-ring (bicyclic) bond motifs is 1. The van der Waals surface area contributed by atoms with Gasteiger partial charge >= 0.3 is 5.97 Å². The molecule has 0 radical (unpaired) electrons. The van der Waals surface area contributed by atoms with Crippen LogP contribution < -0.4 is 0 Å². The lowest BCUT2D eigenvalue weighted by molar-refractivity contribution is -0.384. The number of benzene rings is 2. The van der Waals surface area contributed by atoms with Crippen LogP contribution >= 0.6 is 11.6 Å². The van der Waals surface area contributed by atoms with Crippen molar-refractivity contribution < 1.29 is 19.2 Å². The number of aromatic nitrogens is 1. The van der Waals surface area contributed by atoms with Gasteiger partial charge in [0.05, 0.1) is 10.8 Å². The average molecular weight is 347 g/mol. The van der Waals surface area contributed by atoms with Crippen molar-refractivity contribution in [3.63, 3.8) is 0 Å². The zero-order chi connectivity index (χ0) is 17.4. The molecule has 1 N–H and O–H groups in total. The molecule has 0 saturated carbocycles. The van der Waals surface area contributed by atoms with Crippen molar-refractivity contribution >= 4 is 34.4 Å². The van der Waals surface area contributed by atoms with Crippen molar-refractivity contribution in [3.8, 4) is 11.5 Å². The third-order valence-electron chi connectivity index (χ3n) is 3.67. The molecule has 3 rings (SSSR count). The molecule has 0 aliphatic rings. The molecule has 0 aliphatic heterocycles. The van der Waals surface area contributed by atoms with Gasteiger partial charge in [-0.15, -0.1) is 0 Å². The summed E-state index contributed by atoms with van der Waals surface area (Å²) >= 11 is 5.79. The van der Waals surface area contributed by atoms with E-state index in [2.05, 4.69) is 4.98 Å². The van der Waals surface area contributed by atoms with Crippen LogP contribution in [0.1, 0.15) is 18.4 Å². The Kier molecular flexibility index (Phi) is 3.94. The van der Waals surface area contributed by atoms with E-state index in [1.807, 2.05) is 0 Å². The molecule has 8 heteroatoms. The van der Waals surface area contributed by atoms with E-state index in [1.54, 1.807) is 31.2 Å². The first-order chi connectivity index (χ1) is 11.4. The van der Waals surface area contributed by atoms with Crippen LogP contribution in [-0.4, -0.2) is 21.0 Å². The number of carbonyl (C=O) groups is 1. The number of nitro groups is 1. The average Bonchev–Trinajstić information content (AvgIpc) is 2.97. The van der Waals surface area contributed by atoms with Gasteiger partial charge in [-0.3, -0.25) is 14.9 Å². The fraction of sp³-hybridized carbons (Fsp3) is 0.125. The number of halogens is 1. The van der Waals surface area contributed by atoms with Crippen molar-refractivity contribution in [3.05, 3.63) is 57.1 Å². The number of nitrogens with zero attached hydrogens (tertiary/aromatic N) is 2. The Morgan fingerprint density at radius 1 is 1.33 bits per heavy atom. The quantitative estimate of drug-likeness (QED) is 0.559. The van der Waals surface area contributed by atoms with Crippen molar-refractivity contribution in [1.82, 2.24) is 4.98 Å². The van der Waals surface area contributed by atoms with E-state index in [4.69, 9.17) is 21.1 Å². The Bertz CT molecular complexity index is 966. The van der Waals surface area contributed by atoms with E-state index >= 15 is 0 Å². The largest absolute Gasteiger partial charge is 0.481 e. The van der Waals surface area contributed by atoms with Crippen LogP contribution in [0, 0.1) is 10.1 Å². The molecule has 7 nitrogen and oxygen atoms in total. The lowest BCUT2D eigenvalue weighted by atomic mass is 10.0. The van der Waals surface area contributed by atoms with Gasteiger partial charge in [-0.1, -0.05) is 17.7 Å². The lowest BCUT2D eigenvalue weighted by Crippen LogP contribution is -2.06. The summed E-state index contributed by atoms with van der Waals surface area (Å²) in [5.41, 5.74) is 1.71. The minimum Gasteiger partial charge on any atom is -0.481 e. The van der Waals surface area contributed by atoms with Crippen molar-refractivity contribution in [2.45, 2.75) is 12.8 Å². The number of hydrogen-bond donors (Lipinski definition) is 1. The first kappa shape index (κ1) is 15.9. The van der Waals surface area contributed by atoms with Crippen molar-refractivity contribution in [1.29, 1.82) is 0 Å². The molecule has 3 aromatic rings.